The minimum Gasteiger partial charge on any atom is -0.336 e. The Labute approximate surface area is 230 Å². The summed E-state index contributed by atoms with van der Waals surface area (Å²) in [5.74, 6) is -2.85. The molecule has 0 radical (unpaired) electrons. The third-order valence-electron chi connectivity index (χ3n) is 7.30. The summed E-state index contributed by atoms with van der Waals surface area (Å²) >= 11 is 9.18. The van der Waals surface area contributed by atoms with Crippen LogP contribution in [0.3, 0.4) is 0 Å². The number of rotatable bonds is 6. The molecule has 0 spiro atoms. The van der Waals surface area contributed by atoms with Crippen LogP contribution in [0, 0.1) is 23.0 Å². The van der Waals surface area contributed by atoms with Crippen molar-refractivity contribution in [3.8, 4) is 6.07 Å². The molecule has 14 heteroatoms. The highest BCUT2D eigenvalue weighted by Crippen LogP contribution is 2.40. The molecule has 200 valence electrons. The molecule has 5 rings (SSSR count). The fourth-order valence-electron chi connectivity index (χ4n) is 4.92. The van der Waals surface area contributed by atoms with Gasteiger partial charge in [-0.05, 0) is 72.4 Å². The summed E-state index contributed by atoms with van der Waals surface area (Å²) < 4.78 is 56.0. The zero-order chi connectivity index (χ0) is 27.5. The highest BCUT2D eigenvalue weighted by molar-refractivity contribution is 9.10. The summed E-state index contributed by atoms with van der Waals surface area (Å²) in [6, 6.07) is 4.81. The van der Waals surface area contributed by atoms with Crippen molar-refractivity contribution >= 4 is 49.2 Å². The van der Waals surface area contributed by atoms with Crippen LogP contribution in [0.25, 0.3) is 0 Å². The van der Waals surface area contributed by atoms with Crippen molar-refractivity contribution in [2.75, 3.05) is 13.1 Å². The molecule has 3 aliphatic rings. The zero-order valence-corrected chi connectivity index (χ0v) is 22.8. The van der Waals surface area contributed by atoms with Crippen molar-refractivity contribution in [3.05, 3.63) is 57.3 Å². The first kappa shape index (κ1) is 26.9. The molecule has 2 aliphatic heterocycles. The van der Waals surface area contributed by atoms with E-state index in [1.54, 1.807) is 0 Å². The Hall–Kier alpha value is -2.66. The van der Waals surface area contributed by atoms with Crippen molar-refractivity contribution in [3.63, 3.8) is 0 Å². The molecule has 1 aliphatic carbocycles. The maximum absolute atomic E-state index is 15.0. The van der Waals surface area contributed by atoms with Gasteiger partial charge in [-0.2, -0.15) is 5.26 Å². The number of halogens is 4. The van der Waals surface area contributed by atoms with Crippen LogP contribution < -0.4 is 10.6 Å². The minimum atomic E-state index is -4.22. The Morgan fingerprint density at radius 2 is 1.97 bits per heavy atom. The monoisotopic (exact) mass is 627 g/mol. The number of aromatic nitrogens is 1. The normalized spacial score (nSPS) is 25.8. The summed E-state index contributed by atoms with van der Waals surface area (Å²) in [5, 5.41) is 13.4. The molecule has 9 nitrogen and oxygen atoms in total. The summed E-state index contributed by atoms with van der Waals surface area (Å²) in [6.45, 7) is -0.0217. The second kappa shape index (κ2) is 9.51. The van der Waals surface area contributed by atoms with Gasteiger partial charge in [0.15, 0.2) is 9.84 Å². The summed E-state index contributed by atoms with van der Waals surface area (Å²) in [7, 11) is -4.22. The predicted octanol–water partition coefficient (Wildman–Crippen LogP) is 2.58. The van der Waals surface area contributed by atoms with Gasteiger partial charge in [0.2, 0.25) is 11.8 Å². The molecule has 3 heterocycles. The number of hydrogen-bond donors (Lipinski definition) is 2. The number of pyridine rings is 1. The maximum Gasteiger partial charge on any atom is 0.250 e. The third-order valence-corrected chi connectivity index (χ3v) is 10.3. The van der Waals surface area contributed by atoms with E-state index < -0.39 is 62.2 Å². The molecule has 3 fully saturated rings. The predicted molar refractivity (Wildman–Crippen MR) is 134 cm³/mol. The van der Waals surface area contributed by atoms with Gasteiger partial charge in [0.05, 0.1) is 21.2 Å². The zero-order valence-electron chi connectivity index (χ0n) is 19.7. The van der Waals surface area contributed by atoms with Gasteiger partial charge in [-0.25, -0.2) is 17.2 Å². The molecule has 1 aromatic heterocycles. The lowest BCUT2D eigenvalue weighted by Gasteiger charge is -2.44. The first-order valence-corrected chi connectivity index (χ1v) is 14.4. The second-order valence-electron chi connectivity index (χ2n) is 9.70. The van der Waals surface area contributed by atoms with Gasteiger partial charge in [-0.1, -0.05) is 11.6 Å². The van der Waals surface area contributed by atoms with E-state index in [2.05, 4.69) is 31.5 Å². The van der Waals surface area contributed by atoms with Crippen LogP contribution in [0.5, 0.6) is 0 Å². The number of sulfone groups is 1. The molecular weight excluding hydrogens is 608 g/mol. The van der Waals surface area contributed by atoms with Crippen LogP contribution >= 0.6 is 27.5 Å². The fraction of sp³-hybridized carbons (Fsp3) is 0.417. The Morgan fingerprint density at radius 1 is 1.26 bits per heavy atom. The molecular formula is C24H21BrClF2N5O4S. The number of hydrogen-bond acceptors (Lipinski definition) is 7. The average molecular weight is 629 g/mol. The highest BCUT2D eigenvalue weighted by atomic mass is 79.9. The molecule has 3 atom stereocenters. The highest BCUT2D eigenvalue weighted by Gasteiger charge is 2.56. The van der Waals surface area contributed by atoms with Crippen molar-refractivity contribution in [2.45, 2.75) is 52.9 Å². The Morgan fingerprint density at radius 3 is 2.53 bits per heavy atom. The molecule has 2 amide bonds. The van der Waals surface area contributed by atoms with Crippen LogP contribution in [0.15, 0.2) is 39.8 Å². The van der Waals surface area contributed by atoms with Gasteiger partial charge >= 0.3 is 0 Å². The van der Waals surface area contributed by atoms with E-state index in [1.165, 1.54) is 12.3 Å². The molecule has 2 saturated heterocycles. The van der Waals surface area contributed by atoms with E-state index in [-0.39, 0.29) is 28.5 Å². The number of carbonyl (C=O) groups is 2. The van der Waals surface area contributed by atoms with Crippen molar-refractivity contribution < 1.29 is 26.8 Å². The van der Waals surface area contributed by atoms with Crippen LogP contribution in [-0.2, 0) is 25.0 Å². The third kappa shape index (κ3) is 4.47. The summed E-state index contributed by atoms with van der Waals surface area (Å²) in [5.41, 5.74) is -2.82. The number of benzene rings is 1. The van der Waals surface area contributed by atoms with Crippen molar-refractivity contribution in [1.82, 2.24) is 20.5 Å². The smallest absolute Gasteiger partial charge is 0.250 e. The molecule has 2 aromatic rings. The molecule has 1 aromatic carbocycles. The largest absolute Gasteiger partial charge is 0.336 e. The first-order valence-electron chi connectivity index (χ1n) is 11.7. The number of likely N-dealkylation sites (tertiary alicyclic amines) is 1. The van der Waals surface area contributed by atoms with E-state index >= 15 is 0 Å². The lowest BCUT2D eigenvalue weighted by molar-refractivity contribution is -0.147. The minimum absolute atomic E-state index is 0.167. The summed E-state index contributed by atoms with van der Waals surface area (Å²) in [4.78, 5) is 32.2. The van der Waals surface area contributed by atoms with Gasteiger partial charge in [0, 0.05) is 17.2 Å². The van der Waals surface area contributed by atoms with Gasteiger partial charge in [-0.3, -0.25) is 19.9 Å². The number of nitriles is 1. The Bertz CT molecular complexity index is 1490. The van der Waals surface area contributed by atoms with Gasteiger partial charge in [-0.15, -0.1) is 0 Å². The lowest BCUT2D eigenvalue weighted by Crippen LogP contribution is -2.66. The van der Waals surface area contributed by atoms with E-state index in [0.717, 1.165) is 23.1 Å². The average Bonchev–Trinajstić information content (AvgIpc) is 3.44. The molecule has 0 bridgehead atoms. The molecule has 2 N–H and O–H groups in total. The lowest BCUT2D eigenvalue weighted by atomic mass is 9.82. The number of amides is 2. The summed E-state index contributed by atoms with van der Waals surface area (Å²) in [6.07, 6.45) is 2.09. The van der Waals surface area contributed by atoms with Crippen molar-refractivity contribution in [1.29, 1.82) is 5.26 Å². The van der Waals surface area contributed by atoms with Crippen LogP contribution in [0.1, 0.15) is 31.4 Å². The number of nitrogens with one attached hydrogen (secondary N) is 2. The van der Waals surface area contributed by atoms with Crippen LogP contribution in [-0.4, -0.2) is 60.0 Å². The van der Waals surface area contributed by atoms with E-state index in [1.807, 2.05) is 6.07 Å². The Balaban J connectivity index is 1.52. The van der Waals surface area contributed by atoms with E-state index in [4.69, 9.17) is 11.6 Å². The van der Waals surface area contributed by atoms with Crippen LogP contribution in [0.4, 0.5) is 8.78 Å². The topological polar surface area (TPSA) is 132 Å². The maximum atomic E-state index is 15.0. The van der Waals surface area contributed by atoms with Gasteiger partial charge in [0.1, 0.15) is 34.4 Å². The standard InChI is InChI=1S/C24H21BrClF2N5O4S/c25-13-7-17(28)20(30-10-13)24(5-6-31-24)22(35)33-11-15(9-18(33)21(34)32-23(12-29)3-4-23)38(36,37)19-2-1-14(27)8-16(19)26/h1-2,7-8,10,15,18,31H,3-6,9,11H2,(H,32,34). The molecule has 38 heavy (non-hydrogen) atoms. The van der Waals surface area contributed by atoms with Crippen LogP contribution in [0.2, 0.25) is 5.02 Å². The quantitative estimate of drug-likeness (QED) is 0.470. The van der Waals surface area contributed by atoms with Crippen molar-refractivity contribution in [2.24, 2.45) is 0 Å². The van der Waals surface area contributed by atoms with Gasteiger partial charge in [0.25, 0.3) is 0 Å². The second-order valence-corrected chi connectivity index (χ2v) is 13.2. The molecule has 3 unspecified atom stereocenters. The fourth-order valence-corrected chi connectivity index (χ4v) is 7.46. The molecule has 1 saturated carbocycles. The first-order chi connectivity index (χ1) is 17.9. The van der Waals surface area contributed by atoms with E-state index in [0.29, 0.717) is 23.9 Å². The van der Waals surface area contributed by atoms with E-state index in [9.17, 15) is 32.0 Å². The SMILES string of the molecule is N#CC1(NC(=O)C2CC(S(=O)(=O)c3ccc(F)cc3Cl)CN2C(=O)C2(c3ncc(Br)cc3F)CCN2)CC1. The number of carbonyl (C=O) groups excluding carboxylic acids is 2. The Kier molecular flexibility index (Phi) is 6.74. The number of nitrogens with zero attached hydrogens (tertiary/aromatic N) is 3. The van der Waals surface area contributed by atoms with Gasteiger partial charge < -0.3 is 10.2 Å².